The van der Waals surface area contributed by atoms with E-state index in [1.165, 1.54) is 6.92 Å². The summed E-state index contributed by atoms with van der Waals surface area (Å²) in [5.74, 6) is -5.52. The molecule has 0 aliphatic carbocycles. The molecule has 0 aromatic heterocycles. The van der Waals surface area contributed by atoms with Crippen LogP contribution >= 0.6 is 11.6 Å². The second-order valence-corrected chi connectivity index (χ2v) is 4.35. The number of ether oxygens (including phenoxy) is 1. The third-order valence-corrected chi connectivity index (χ3v) is 2.76. The number of hydrogen-bond donors (Lipinski definition) is 2. The predicted molar refractivity (Wildman–Crippen MR) is 66.9 cm³/mol. The molecule has 0 spiro atoms. The first kappa shape index (κ1) is 15.7. The maximum Gasteiger partial charge on any atom is 0.354 e. The van der Waals surface area contributed by atoms with E-state index in [2.05, 4.69) is 0 Å². The number of hydrogen-bond acceptors (Lipinski definition) is 6. The number of nitro benzene ring substituents is 1. The van der Waals surface area contributed by atoms with E-state index in [1.807, 2.05) is 0 Å². The number of phenolic OH excluding ortho intramolecular Hbond substituents is 1. The first-order chi connectivity index (χ1) is 9.16. The van der Waals surface area contributed by atoms with Crippen LogP contribution in [0.1, 0.15) is 12.5 Å². The third kappa shape index (κ3) is 2.97. The van der Waals surface area contributed by atoms with Crippen LogP contribution in [0, 0.1) is 23.0 Å². The number of halogens is 1. The van der Waals surface area contributed by atoms with Crippen molar-refractivity contribution in [3.05, 3.63) is 26.8 Å². The highest BCUT2D eigenvalue weighted by atomic mass is 35.5. The number of benzene rings is 1. The molecule has 1 aromatic carbocycles. The number of esters is 1. The lowest BCUT2D eigenvalue weighted by Gasteiger charge is -2.11. The molecule has 0 aliphatic rings. The number of nitro groups is 1. The Morgan fingerprint density at radius 2 is 2.05 bits per heavy atom. The Morgan fingerprint density at radius 1 is 1.50 bits per heavy atom. The van der Waals surface area contributed by atoms with E-state index < -0.39 is 40.0 Å². The number of carbonyl (C=O) groups is 2. The number of rotatable bonds is 4. The Balaban J connectivity index is 3.31. The normalized spacial score (nSPS) is 11.8. The van der Waals surface area contributed by atoms with E-state index in [0.29, 0.717) is 0 Å². The van der Waals surface area contributed by atoms with Gasteiger partial charge in [0.25, 0.3) is 0 Å². The summed E-state index contributed by atoms with van der Waals surface area (Å²) in [6.45, 7) is 2.44. The smallest absolute Gasteiger partial charge is 0.354 e. The van der Waals surface area contributed by atoms with Crippen molar-refractivity contribution in [1.82, 2.24) is 0 Å². The molecule has 0 aliphatic heterocycles. The van der Waals surface area contributed by atoms with Crippen LogP contribution < -0.4 is 4.74 Å². The molecule has 0 amide bonds. The van der Waals surface area contributed by atoms with Crippen LogP contribution in [0.25, 0.3) is 0 Å². The van der Waals surface area contributed by atoms with Gasteiger partial charge in [-0.15, -0.1) is 0 Å². The van der Waals surface area contributed by atoms with E-state index in [4.69, 9.17) is 21.4 Å². The van der Waals surface area contributed by atoms with Gasteiger partial charge in [-0.1, -0.05) is 11.6 Å². The molecule has 9 heteroatoms. The Morgan fingerprint density at radius 3 is 2.50 bits per heavy atom. The summed E-state index contributed by atoms with van der Waals surface area (Å²) in [4.78, 5) is 32.1. The molecular formula is C11H10ClNO7. The van der Waals surface area contributed by atoms with Crippen LogP contribution in [0.2, 0.25) is 5.02 Å². The Bertz CT molecular complexity index is 599. The summed E-state index contributed by atoms with van der Waals surface area (Å²) in [5.41, 5.74) is -0.772. The molecule has 20 heavy (non-hydrogen) atoms. The van der Waals surface area contributed by atoms with Crippen LogP contribution in [0.5, 0.6) is 11.5 Å². The van der Waals surface area contributed by atoms with Crippen molar-refractivity contribution in [3.8, 4) is 11.5 Å². The second kappa shape index (κ2) is 5.74. The van der Waals surface area contributed by atoms with E-state index in [9.17, 15) is 24.8 Å². The first-order valence-electron chi connectivity index (χ1n) is 5.27. The fourth-order valence-corrected chi connectivity index (χ4v) is 1.57. The van der Waals surface area contributed by atoms with Crippen molar-refractivity contribution in [3.63, 3.8) is 0 Å². The van der Waals surface area contributed by atoms with Gasteiger partial charge < -0.3 is 14.9 Å². The molecule has 1 aromatic rings. The second-order valence-electron chi connectivity index (χ2n) is 3.94. The van der Waals surface area contributed by atoms with E-state index in [0.717, 1.165) is 13.0 Å². The number of phenols is 1. The Labute approximate surface area is 117 Å². The van der Waals surface area contributed by atoms with Gasteiger partial charge in [0.2, 0.25) is 11.5 Å². The lowest BCUT2D eigenvalue weighted by Crippen LogP contribution is -2.25. The molecule has 0 fully saturated rings. The van der Waals surface area contributed by atoms with E-state index in [1.54, 1.807) is 0 Å². The fourth-order valence-electron chi connectivity index (χ4n) is 1.32. The summed E-state index contributed by atoms with van der Waals surface area (Å²) in [6.07, 6.45) is 0. The van der Waals surface area contributed by atoms with Gasteiger partial charge in [-0.2, -0.15) is 0 Å². The van der Waals surface area contributed by atoms with E-state index in [-0.39, 0.29) is 10.6 Å². The Hall–Kier alpha value is -2.35. The lowest BCUT2D eigenvalue weighted by atomic mass is 10.1. The number of carboxylic acids is 1. The fraction of sp³-hybridized carbons (Fsp3) is 0.273. The van der Waals surface area contributed by atoms with Gasteiger partial charge in [0.05, 0.1) is 9.95 Å². The average molecular weight is 304 g/mol. The van der Waals surface area contributed by atoms with Crippen LogP contribution in [-0.4, -0.2) is 27.1 Å². The van der Waals surface area contributed by atoms with Crippen LogP contribution in [0.4, 0.5) is 5.69 Å². The molecule has 8 nitrogen and oxygen atoms in total. The minimum Gasteiger partial charge on any atom is -0.501 e. The SMILES string of the molecule is Cc1cc(Cl)c(O)c([N+](=O)[O-])c1OC(=O)[C@@H](C)C(=O)O. The molecule has 0 radical (unpaired) electrons. The van der Waals surface area contributed by atoms with E-state index >= 15 is 0 Å². The lowest BCUT2D eigenvalue weighted by molar-refractivity contribution is -0.386. The zero-order chi connectivity index (χ0) is 15.6. The van der Waals surface area contributed by atoms with Gasteiger partial charge in [0, 0.05) is 5.56 Å². The minimum atomic E-state index is -1.51. The summed E-state index contributed by atoms with van der Waals surface area (Å²) in [5, 5.41) is 28.9. The minimum absolute atomic E-state index is 0.116. The number of carbonyl (C=O) groups excluding carboxylic acids is 1. The van der Waals surface area contributed by atoms with Crippen molar-refractivity contribution in [2.24, 2.45) is 5.92 Å². The summed E-state index contributed by atoms with van der Waals surface area (Å²) in [7, 11) is 0. The Kier molecular flexibility index (Phi) is 4.51. The number of nitrogens with zero attached hydrogens (tertiary/aromatic N) is 1. The van der Waals surface area contributed by atoms with Crippen LogP contribution in [-0.2, 0) is 9.59 Å². The first-order valence-corrected chi connectivity index (χ1v) is 5.65. The van der Waals surface area contributed by atoms with Gasteiger partial charge in [0.15, 0.2) is 5.92 Å². The van der Waals surface area contributed by atoms with Crippen molar-refractivity contribution >= 4 is 29.2 Å². The molecule has 0 saturated heterocycles. The highest BCUT2D eigenvalue weighted by Crippen LogP contribution is 2.43. The van der Waals surface area contributed by atoms with Gasteiger partial charge in [-0.25, -0.2) is 0 Å². The van der Waals surface area contributed by atoms with Gasteiger partial charge >= 0.3 is 17.6 Å². The molecule has 2 N–H and O–H groups in total. The predicted octanol–water partition coefficient (Wildman–Crippen LogP) is 1.89. The summed E-state index contributed by atoms with van der Waals surface area (Å²) >= 11 is 5.60. The van der Waals surface area contributed by atoms with Gasteiger partial charge in [-0.3, -0.25) is 19.7 Å². The molecule has 0 heterocycles. The number of aryl methyl sites for hydroxylation is 1. The van der Waals surface area contributed by atoms with Crippen molar-refractivity contribution in [1.29, 1.82) is 0 Å². The maximum atomic E-state index is 11.5. The number of carboxylic acid groups (broad SMARTS) is 1. The molecule has 0 unspecified atom stereocenters. The standard InChI is InChI=1S/C11H10ClNO7/c1-4-3-6(12)8(14)7(13(18)19)9(4)20-11(17)5(2)10(15)16/h3,5,14H,1-2H3,(H,15,16)/t5-/m0/s1. The zero-order valence-electron chi connectivity index (χ0n) is 10.4. The maximum absolute atomic E-state index is 11.5. The average Bonchev–Trinajstić information content (AvgIpc) is 2.34. The highest BCUT2D eigenvalue weighted by Gasteiger charge is 2.31. The molecular weight excluding hydrogens is 294 g/mol. The molecule has 0 bridgehead atoms. The number of aromatic hydroxyl groups is 1. The quantitative estimate of drug-likeness (QED) is 0.286. The van der Waals surface area contributed by atoms with Crippen molar-refractivity contribution in [2.45, 2.75) is 13.8 Å². The summed E-state index contributed by atoms with van der Waals surface area (Å²) in [6, 6.07) is 1.16. The van der Waals surface area contributed by atoms with Crippen molar-refractivity contribution in [2.75, 3.05) is 0 Å². The monoisotopic (exact) mass is 303 g/mol. The van der Waals surface area contributed by atoms with Crippen LogP contribution in [0.3, 0.4) is 0 Å². The number of aliphatic carboxylic acids is 1. The third-order valence-electron chi connectivity index (χ3n) is 2.48. The van der Waals surface area contributed by atoms with Crippen molar-refractivity contribution < 1.29 is 29.5 Å². The summed E-state index contributed by atoms with van der Waals surface area (Å²) < 4.78 is 4.72. The largest absolute Gasteiger partial charge is 0.501 e. The molecule has 1 atom stereocenters. The molecule has 0 saturated carbocycles. The molecule has 1 rings (SSSR count). The topological polar surface area (TPSA) is 127 Å². The van der Waals surface area contributed by atoms with Gasteiger partial charge in [0.1, 0.15) is 0 Å². The molecule has 108 valence electrons. The van der Waals surface area contributed by atoms with Gasteiger partial charge in [-0.05, 0) is 19.9 Å². The highest BCUT2D eigenvalue weighted by molar-refractivity contribution is 6.32. The van der Waals surface area contributed by atoms with Crippen LogP contribution in [0.15, 0.2) is 6.07 Å². The zero-order valence-corrected chi connectivity index (χ0v) is 11.2.